The van der Waals surface area contributed by atoms with Gasteiger partial charge in [0.15, 0.2) is 5.96 Å². The van der Waals surface area contributed by atoms with E-state index in [0.29, 0.717) is 54.5 Å². The number of nitrogens with two attached hydrogens (primary N) is 4. The maximum absolute atomic E-state index is 15.2. The maximum Gasteiger partial charge on any atom is 0.305 e. The Balaban J connectivity index is 1.51. The van der Waals surface area contributed by atoms with Gasteiger partial charge in [0.05, 0.1) is 6.42 Å². The molecule has 23 nitrogen and oxygen atoms in total. The van der Waals surface area contributed by atoms with Crippen LogP contribution in [-0.2, 0) is 69.0 Å². The van der Waals surface area contributed by atoms with Crippen LogP contribution in [0.1, 0.15) is 93.9 Å². The summed E-state index contributed by atoms with van der Waals surface area (Å²) in [6.07, 6.45) is 3.40. The molecule has 414 valence electrons. The lowest BCUT2D eigenvalue weighted by Gasteiger charge is -2.34. The van der Waals surface area contributed by atoms with E-state index in [1.54, 1.807) is 60.8 Å². The van der Waals surface area contributed by atoms with Crippen molar-refractivity contribution in [2.24, 2.45) is 27.9 Å². The Morgan fingerprint density at radius 3 is 1.95 bits per heavy atom. The normalized spacial score (nSPS) is 15.4. The predicted octanol–water partition coefficient (Wildman–Crippen LogP) is 0.168. The molecule has 3 aromatic carbocycles. The number of aliphatic carboxylic acids is 1. The molecule has 0 radical (unpaired) electrons. The minimum atomic E-state index is -1.68. The van der Waals surface area contributed by atoms with Crippen molar-refractivity contribution in [1.29, 1.82) is 0 Å². The number of benzene rings is 3. The van der Waals surface area contributed by atoms with Gasteiger partial charge in [-0.25, -0.2) is 0 Å². The van der Waals surface area contributed by atoms with E-state index in [0.717, 1.165) is 10.9 Å². The van der Waals surface area contributed by atoms with E-state index in [4.69, 9.17) is 22.9 Å². The van der Waals surface area contributed by atoms with Crippen molar-refractivity contribution in [2.45, 2.75) is 140 Å². The maximum atomic E-state index is 15.2. The van der Waals surface area contributed by atoms with E-state index in [1.165, 1.54) is 11.8 Å². The van der Waals surface area contributed by atoms with Gasteiger partial charge in [0, 0.05) is 56.4 Å². The number of unbranched alkanes of at least 4 members (excludes halogenated alkanes) is 2. The van der Waals surface area contributed by atoms with E-state index in [9.17, 15) is 38.7 Å². The van der Waals surface area contributed by atoms with E-state index in [1.807, 2.05) is 31.2 Å². The number of primary amides is 1. The number of carbonyl (C=O) groups is 9. The van der Waals surface area contributed by atoms with Crippen molar-refractivity contribution in [1.82, 2.24) is 41.8 Å². The van der Waals surface area contributed by atoms with Crippen molar-refractivity contribution in [3.63, 3.8) is 0 Å². The highest BCUT2D eigenvalue weighted by Gasteiger charge is 2.40. The Morgan fingerprint density at radius 1 is 0.688 bits per heavy atom. The SMILES string of the molecule is CCCC[C@@H](NC(C)=O)C(=O)N[C@@H](CC(=O)O)C(=O)NC1Cc2ccccc2CN([C@@H](Cc2ccccc2)C(=O)N[C@@H](CCCN=C(N)N)C(=O)N[C@@H](Cc2c[nH]c3ccccc23)C(=O)N[C@@H](CCCCN)C(N)=O)C1=O. The quantitative estimate of drug-likeness (QED) is 0.0189. The fourth-order valence-corrected chi connectivity index (χ4v) is 9.18. The standard InChI is InChI=1S/C54H73N13O10/c1-3-4-20-40(61-32(2)68)48(72)65-43(29-46(69)70)51(75)66-44-27-34-17-8-9-18-35(34)31-67(53(44)77)45(26-33-15-6-5-7-16-33)52(76)63-41(23-14-25-59-54(57)58)49(73)64-42(28-36-30-60-38-21-11-10-19-37(36)38)50(74)62-39(47(56)71)22-12-13-24-55/h5-11,15-19,21,30,39-45,60H,3-4,12-14,20,22-29,31,55H2,1-2H3,(H2,56,71)(H,61,68)(H,62,74)(H,63,76)(H,64,73)(H,65,72)(H,66,75)(H,69,70)(H4,57,58,59)/t39-,40+,41-,42-,43-,44?,45-/m0/s1. The Labute approximate surface area is 446 Å². The molecule has 2 heterocycles. The second-order valence-corrected chi connectivity index (χ2v) is 19.1. The summed E-state index contributed by atoms with van der Waals surface area (Å²) in [7, 11) is 0. The molecule has 0 bridgehead atoms. The first-order chi connectivity index (χ1) is 36.9. The Bertz CT molecular complexity index is 2730. The predicted molar refractivity (Wildman–Crippen MR) is 288 cm³/mol. The minimum absolute atomic E-state index is 0.0521. The van der Waals surface area contributed by atoms with Crippen molar-refractivity contribution >= 4 is 70.1 Å². The van der Waals surface area contributed by atoms with Gasteiger partial charge >= 0.3 is 5.97 Å². The van der Waals surface area contributed by atoms with Gasteiger partial charge < -0.3 is 69.8 Å². The summed E-state index contributed by atoms with van der Waals surface area (Å²) in [6, 6.07) is 13.9. The number of aromatic amines is 1. The monoisotopic (exact) mass is 1060 g/mol. The van der Waals surface area contributed by atoms with Gasteiger partial charge in [0.2, 0.25) is 47.3 Å². The molecule has 4 aromatic rings. The highest BCUT2D eigenvalue weighted by molar-refractivity contribution is 5.99. The molecule has 8 amide bonds. The second-order valence-electron chi connectivity index (χ2n) is 19.1. The van der Waals surface area contributed by atoms with Crippen LogP contribution in [0.3, 0.4) is 0 Å². The summed E-state index contributed by atoms with van der Waals surface area (Å²) in [6.45, 7) is 3.38. The number of carbonyl (C=O) groups excluding carboxylic acids is 8. The topological polar surface area (TPSA) is 382 Å². The molecule has 1 aromatic heterocycles. The Kier molecular flexibility index (Phi) is 22.9. The fourth-order valence-electron chi connectivity index (χ4n) is 9.18. The van der Waals surface area contributed by atoms with E-state index < -0.39 is 102 Å². The second kappa shape index (κ2) is 29.7. The third-order valence-corrected chi connectivity index (χ3v) is 13.2. The summed E-state index contributed by atoms with van der Waals surface area (Å²) < 4.78 is 0. The van der Waals surface area contributed by atoms with Gasteiger partial charge in [-0.05, 0) is 73.4 Å². The van der Waals surface area contributed by atoms with Gasteiger partial charge in [-0.2, -0.15) is 0 Å². The molecule has 16 N–H and O–H groups in total. The van der Waals surface area contributed by atoms with Crippen LogP contribution in [0, 0.1) is 0 Å². The number of nitrogens with one attached hydrogen (secondary N) is 7. The molecule has 0 fully saturated rings. The number of aliphatic imine (C=N–C) groups is 1. The van der Waals surface area contributed by atoms with Crippen LogP contribution >= 0.6 is 0 Å². The molecule has 0 saturated carbocycles. The van der Waals surface area contributed by atoms with Crippen LogP contribution in [0.2, 0.25) is 0 Å². The summed E-state index contributed by atoms with van der Waals surface area (Å²) >= 11 is 0. The first kappa shape index (κ1) is 59.5. The zero-order valence-corrected chi connectivity index (χ0v) is 43.6. The highest BCUT2D eigenvalue weighted by Crippen LogP contribution is 2.25. The van der Waals surface area contributed by atoms with Crippen LogP contribution < -0.4 is 54.8 Å². The molecular weight excluding hydrogens is 991 g/mol. The number of guanidine groups is 1. The molecule has 5 rings (SSSR count). The summed E-state index contributed by atoms with van der Waals surface area (Å²) in [4.78, 5) is 132. The van der Waals surface area contributed by atoms with Crippen LogP contribution in [0.25, 0.3) is 10.9 Å². The van der Waals surface area contributed by atoms with Gasteiger partial charge in [0.25, 0.3) is 0 Å². The van der Waals surface area contributed by atoms with Gasteiger partial charge in [-0.3, -0.25) is 48.1 Å². The molecule has 0 spiro atoms. The molecule has 0 saturated heterocycles. The lowest BCUT2D eigenvalue weighted by atomic mass is 10.0. The van der Waals surface area contributed by atoms with Crippen molar-refractivity contribution in [2.75, 3.05) is 13.1 Å². The molecule has 1 unspecified atom stereocenters. The van der Waals surface area contributed by atoms with Crippen LogP contribution in [0.15, 0.2) is 90.1 Å². The number of fused-ring (bicyclic) bond motifs is 2. The average Bonchev–Trinajstić information content (AvgIpc) is 3.74. The number of rotatable bonds is 30. The number of hydrogen-bond donors (Lipinski definition) is 12. The first-order valence-electron chi connectivity index (χ1n) is 25.9. The van der Waals surface area contributed by atoms with E-state index in [2.05, 4.69) is 41.9 Å². The number of hydrogen-bond acceptors (Lipinski definition) is 11. The van der Waals surface area contributed by atoms with Crippen molar-refractivity contribution < 1.29 is 48.3 Å². The zero-order valence-electron chi connectivity index (χ0n) is 43.6. The van der Waals surface area contributed by atoms with E-state index in [-0.39, 0.29) is 64.0 Å². The number of H-pyrrole nitrogens is 1. The molecular formula is C54H73N13O10. The third kappa shape index (κ3) is 18.2. The van der Waals surface area contributed by atoms with Crippen LogP contribution in [0.4, 0.5) is 0 Å². The number of aromatic nitrogens is 1. The van der Waals surface area contributed by atoms with Gasteiger partial charge in [-0.15, -0.1) is 0 Å². The Hall–Kier alpha value is -8.34. The fraction of sp³-hybridized carbons (Fsp3) is 0.444. The van der Waals surface area contributed by atoms with Gasteiger partial charge in [0.1, 0.15) is 42.3 Å². The Morgan fingerprint density at radius 2 is 1.29 bits per heavy atom. The zero-order chi connectivity index (χ0) is 56.0. The summed E-state index contributed by atoms with van der Waals surface area (Å²) in [5.41, 5.74) is 26.0. The highest BCUT2D eigenvalue weighted by atomic mass is 16.4. The molecule has 77 heavy (non-hydrogen) atoms. The number of amides is 8. The van der Waals surface area contributed by atoms with Crippen LogP contribution in [-0.4, -0.2) is 130 Å². The minimum Gasteiger partial charge on any atom is -0.481 e. The largest absolute Gasteiger partial charge is 0.481 e. The number of para-hydroxylation sites is 1. The number of carboxylic acid groups (broad SMARTS) is 1. The van der Waals surface area contributed by atoms with Gasteiger partial charge in [-0.1, -0.05) is 92.6 Å². The molecule has 7 atom stereocenters. The molecule has 1 aliphatic rings. The number of nitrogens with zero attached hydrogens (tertiary/aromatic N) is 2. The number of carboxylic acids is 1. The molecule has 23 heteroatoms. The lowest BCUT2D eigenvalue weighted by Crippen LogP contribution is -2.61. The average molecular weight is 1060 g/mol. The van der Waals surface area contributed by atoms with Crippen molar-refractivity contribution in [3.05, 3.63) is 107 Å². The third-order valence-electron chi connectivity index (χ3n) is 13.2. The first-order valence-corrected chi connectivity index (χ1v) is 25.9. The smallest absolute Gasteiger partial charge is 0.305 e. The molecule has 1 aliphatic heterocycles. The molecule has 0 aliphatic carbocycles. The lowest BCUT2D eigenvalue weighted by molar-refractivity contribution is -0.145. The van der Waals surface area contributed by atoms with Crippen LogP contribution in [0.5, 0.6) is 0 Å². The van der Waals surface area contributed by atoms with E-state index >= 15 is 9.59 Å². The van der Waals surface area contributed by atoms with Crippen molar-refractivity contribution in [3.8, 4) is 0 Å². The summed E-state index contributed by atoms with van der Waals surface area (Å²) in [5.74, 6) is -7.73. The summed E-state index contributed by atoms with van der Waals surface area (Å²) in [5, 5.41) is 26.7.